The van der Waals surface area contributed by atoms with Gasteiger partial charge in [-0.2, -0.15) is 0 Å². The third-order valence-electron chi connectivity index (χ3n) is 16.7. The number of fused-ring (bicyclic) bond motifs is 9. The average Bonchev–Trinajstić information content (AvgIpc) is 1.89. The van der Waals surface area contributed by atoms with Gasteiger partial charge in [-0.15, -0.1) is 0 Å². The summed E-state index contributed by atoms with van der Waals surface area (Å²) in [6, 6.07) is 93.4. The fourth-order valence-electron chi connectivity index (χ4n) is 12.3. The Hall–Kier alpha value is -10.3. The van der Waals surface area contributed by atoms with Crippen LogP contribution in [0.4, 0.5) is 51.2 Å². The van der Waals surface area contributed by atoms with E-state index in [1.54, 1.807) is 0 Å². The van der Waals surface area contributed by atoms with Gasteiger partial charge in [0.2, 0.25) is 0 Å². The minimum Gasteiger partial charge on any atom is -0.456 e. The quantitative estimate of drug-likeness (QED) is 0.144. The number of furan rings is 2. The molecule has 0 spiro atoms. The Bertz CT molecular complexity index is 4750. The van der Waals surface area contributed by atoms with E-state index in [2.05, 4.69) is 293 Å². The molecule has 15 rings (SSSR count). The van der Waals surface area contributed by atoms with Crippen molar-refractivity contribution >= 4 is 106 Å². The minimum atomic E-state index is 0.00864. The van der Waals surface area contributed by atoms with Crippen LogP contribution in [0.3, 0.4) is 0 Å². The van der Waals surface area contributed by atoms with Gasteiger partial charge in [0.05, 0.1) is 17.1 Å². The molecule has 0 aliphatic carbocycles. The summed E-state index contributed by atoms with van der Waals surface area (Å²) < 4.78 is 21.1. The van der Waals surface area contributed by atoms with Crippen molar-refractivity contribution in [3.05, 3.63) is 272 Å². The number of ether oxygens (including phenoxy) is 1. The first-order valence-electron chi connectivity index (χ1n) is 29.0. The molecule has 1 aliphatic rings. The summed E-state index contributed by atoms with van der Waals surface area (Å²) in [4.78, 5) is 6.97. The predicted molar refractivity (Wildman–Crippen MR) is 351 cm³/mol. The van der Waals surface area contributed by atoms with Crippen LogP contribution in [0.2, 0.25) is 0 Å². The maximum atomic E-state index is 7.39. The van der Waals surface area contributed by atoms with Crippen molar-refractivity contribution in [1.29, 1.82) is 0 Å². The molecule has 3 heterocycles. The molecule has 0 fully saturated rings. The molecule has 6 nitrogen and oxygen atoms in total. The van der Waals surface area contributed by atoms with Crippen LogP contribution in [-0.2, 0) is 10.8 Å². The van der Waals surface area contributed by atoms with Gasteiger partial charge in [0.15, 0.2) is 17.1 Å². The highest BCUT2D eigenvalue weighted by Crippen LogP contribution is 2.55. The number of hydrogen-bond acceptors (Lipinski definition) is 6. The maximum absolute atomic E-state index is 7.39. The normalized spacial score (nSPS) is 12.5. The minimum absolute atomic E-state index is 0.00864. The summed E-state index contributed by atoms with van der Waals surface area (Å²) in [5, 5.41) is 6.14. The molecular weight excluding hydrogens is 1030 g/mol. The number of hydrogen-bond donors (Lipinski definition) is 0. The van der Waals surface area contributed by atoms with E-state index in [0.29, 0.717) is 0 Å². The van der Waals surface area contributed by atoms with Gasteiger partial charge in [0.25, 0.3) is 0 Å². The monoisotopic (exact) mass is 1090 g/mol. The standard InChI is InChI=1S/C78H61N3O3/c1-77(2,3)55-29-37-59(38-30-55)79(57-33-25-52(26-34-57)50-17-9-7-10-18-50)61-41-43-63-66-45-54-46-67-64-44-42-62(80(60-39-31-56(32-40-60)78(4,5)6)58-35-27-53(28-36-58)51-19-11-8-12-20-51)48-73(64)84-76(67)75(65(54)49-74(66)83-72(63)47-61)81-68-21-13-15-23-70(68)82-71-24-16-14-22-69(71)81/h7-49H,1-6H3. The van der Waals surface area contributed by atoms with Crippen molar-refractivity contribution in [2.45, 2.75) is 52.4 Å². The van der Waals surface area contributed by atoms with Gasteiger partial charge in [-0.05, 0) is 165 Å². The predicted octanol–water partition coefficient (Wildman–Crippen LogP) is 23.1. The third-order valence-corrected chi connectivity index (χ3v) is 16.7. The lowest BCUT2D eigenvalue weighted by molar-refractivity contribution is 0.477. The molecule has 1 aliphatic heterocycles. The molecule has 6 heteroatoms. The first-order valence-corrected chi connectivity index (χ1v) is 29.0. The van der Waals surface area contributed by atoms with E-state index in [1.807, 2.05) is 24.3 Å². The van der Waals surface area contributed by atoms with Crippen LogP contribution < -0.4 is 19.4 Å². The Balaban J connectivity index is 0.911. The molecule has 0 N–H and O–H groups in total. The first kappa shape index (κ1) is 50.6. The van der Waals surface area contributed by atoms with E-state index in [4.69, 9.17) is 13.6 Å². The molecule has 406 valence electrons. The molecule has 0 saturated carbocycles. The molecule has 0 radical (unpaired) electrons. The number of rotatable bonds is 9. The molecule has 0 amide bonds. The van der Waals surface area contributed by atoms with Crippen molar-refractivity contribution in [2.75, 3.05) is 14.7 Å². The molecule has 0 unspecified atom stereocenters. The second kappa shape index (κ2) is 19.7. The van der Waals surface area contributed by atoms with Crippen molar-refractivity contribution in [3.63, 3.8) is 0 Å². The van der Waals surface area contributed by atoms with Crippen LogP contribution in [0.25, 0.3) is 76.9 Å². The summed E-state index contributed by atoms with van der Waals surface area (Å²) in [6.07, 6.45) is 0. The zero-order valence-corrected chi connectivity index (χ0v) is 47.9. The Labute approximate surface area is 489 Å². The molecule has 0 saturated heterocycles. The van der Waals surface area contributed by atoms with E-state index < -0.39 is 0 Å². The van der Waals surface area contributed by atoms with E-state index in [-0.39, 0.29) is 10.8 Å². The zero-order valence-electron chi connectivity index (χ0n) is 47.9. The smallest absolute Gasteiger partial charge is 0.160 e. The van der Waals surface area contributed by atoms with Gasteiger partial charge in [-0.3, -0.25) is 4.90 Å². The highest BCUT2D eigenvalue weighted by atomic mass is 16.5. The molecule has 12 aromatic carbocycles. The van der Waals surface area contributed by atoms with Crippen LogP contribution in [-0.4, -0.2) is 0 Å². The van der Waals surface area contributed by atoms with Crippen molar-refractivity contribution in [2.24, 2.45) is 0 Å². The molecule has 0 bridgehead atoms. The van der Waals surface area contributed by atoms with E-state index in [0.717, 1.165) is 123 Å². The Morgan fingerprint density at radius 2 is 0.690 bits per heavy atom. The molecular formula is C78H61N3O3. The van der Waals surface area contributed by atoms with Gasteiger partial charge >= 0.3 is 0 Å². The summed E-state index contributed by atoms with van der Waals surface area (Å²) in [6.45, 7) is 13.5. The summed E-state index contributed by atoms with van der Waals surface area (Å²) in [5.41, 5.74) is 19.3. The summed E-state index contributed by atoms with van der Waals surface area (Å²) in [7, 11) is 0. The van der Waals surface area contributed by atoms with Gasteiger partial charge < -0.3 is 23.4 Å². The highest BCUT2D eigenvalue weighted by molar-refractivity contribution is 6.23. The maximum Gasteiger partial charge on any atom is 0.160 e. The summed E-state index contributed by atoms with van der Waals surface area (Å²) >= 11 is 0. The number of nitrogens with zero attached hydrogens (tertiary/aromatic N) is 3. The van der Waals surface area contributed by atoms with Gasteiger partial charge in [0, 0.05) is 73.2 Å². The first-order chi connectivity index (χ1) is 40.9. The Morgan fingerprint density at radius 3 is 1.17 bits per heavy atom. The second-order valence-corrected chi connectivity index (χ2v) is 24.2. The SMILES string of the molecule is CC(C)(C)c1ccc(N(c2ccc(-c3ccccc3)cc2)c2ccc3c(c2)oc2cc4c(N5c6ccccc6Oc6ccccc65)c5oc6cc(N(c7ccc(-c8ccccc8)cc7)c7ccc(C(C)(C)C)cc7)ccc6c5cc4cc23)cc1. The van der Waals surface area contributed by atoms with Crippen LogP contribution in [0.5, 0.6) is 11.5 Å². The Kier molecular flexibility index (Phi) is 11.9. The van der Waals surface area contributed by atoms with E-state index >= 15 is 0 Å². The molecule has 14 aromatic rings. The molecule has 2 aromatic heterocycles. The highest BCUT2D eigenvalue weighted by Gasteiger charge is 2.31. The van der Waals surface area contributed by atoms with E-state index in [9.17, 15) is 0 Å². The third kappa shape index (κ3) is 8.81. The fraction of sp³-hybridized carbons (Fsp3) is 0.103. The largest absolute Gasteiger partial charge is 0.456 e. The van der Waals surface area contributed by atoms with E-state index in [1.165, 1.54) is 27.8 Å². The van der Waals surface area contributed by atoms with Crippen LogP contribution in [0.15, 0.2) is 270 Å². The van der Waals surface area contributed by atoms with Gasteiger partial charge in [-0.1, -0.05) is 175 Å². The molecule has 84 heavy (non-hydrogen) atoms. The number of para-hydroxylation sites is 4. The fourth-order valence-corrected chi connectivity index (χ4v) is 12.3. The van der Waals surface area contributed by atoms with Crippen LogP contribution in [0, 0.1) is 0 Å². The lowest BCUT2D eigenvalue weighted by atomic mass is 9.87. The van der Waals surface area contributed by atoms with Crippen molar-refractivity contribution in [3.8, 4) is 33.8 Å². The Morgan fingerprint density at radius 1 is 0.310 bits per heavy atom. The van der Waals surface area contributed by atoms with Crippen molar-refractivity contribution in [1.82, 2.24) is 0 Å². The topological polar surface area (TPSA) is 45.2 Å². The van der Waals surface area contributed by atoms with Crippen LogP contribution in [0.1, 0.15) is 52.7 Å². The summed E-state index contributed by atoms with van der Waals surface area (Å²) in [5.74, 6) is 1.52. The lowest BCUT2D eigenvalue weighted by Crippen LogP contribution is -2.16. The molecule has 0 atom stereocenters. The lowest BCUT2D eigenvalue weighted by Gasteiger charge is -2.33. The number of anilines is 9. The van der Waals surface area contributed by atoms with Gasteiger partial charge in [0.1, 0.15) is 16.7 Å². The second-order valence-electron chi connectivity index (χ2n) is 24.2. The van der Waals surface area contributed by atoms with Crippen LogP contribution >= 0.6 is 0 Å². The van der Waals surface area contributed by atoms with Gasteiger partial charge in [-0.25, -0.2) is 0 Å². The number of benzene rings is 12. The zero-order chi connectivity index (χ0) is 56.8. The average molecular weight is 1090 g/mol. The van der Waals surface area contributed by atoms with Crippen molar-refractivity contribution < 1.29 is 13.6 Å².